The minimum Gasteiger partial charge on any atom is -0.486 e. The fourth-order valence-electron chi connectivity index (χ4n) is 4.26. The standard InChI is InChI=1S/C24H20Cl2FN3O2/c1-30-19-6-3-7-20(31)22(19)21(16(11-28)24(30)29)14-9-17(25)23(18(26)10-14)32-12-13-4-2-5-15(27)8-13/h2,4-5,8-10,21H,3,6-7,12,29H2,1H3/t21-/m0/s1. The molecule has 32 heavy (non-hydrogen) atoms. The molecule has 0 fully saturated rings. The number of ketones is 1. The molecule has 2 aliphatic rings. The lowest BCUT2D eigenvalue weighted by molar-refractivity contribution is -0.116. The normalized spacial score (nSPS) is 18.5. The Morgan fingerprint density at radius 3 is 2.62 bits per heavy atom. The molecule has 1 heterocycles. The van der Waals surface area contributed by atoms with Gasteiger partial charge in [-0.1, -0.05) is 35.3 Å². The second kappa shape index (κ2) is 8.85. The molecule has 0 unspecified atom stereocenters. The van der Waals surface area contributed by atoms with Crippen LogP contribution in [0.2, 0.25) is 10.0 Å². The Hall–Kier alpha value is -3.01. The van der Waals surface area contributed by atoms with Crippen molar-refractivity contribution in [2.45, 2.75) is 31.8 Å². The predicted molar refractivity (Wildman–Crippen MR) is 120 cm³/mol. The van der Waals surface area contributed by atoms with Gasteiger partial charge >= 0.3 is 0 Å². The number of rotatable bonds is 4. The highest BCUT2D eigenvalue weighted by molar-refractivity contribution is 6.37. The van der Waals surface area contributed by atoms with E-state index in [1.165, 1.54) is 12.1 Å². The SMILES string of the molecule is CN1C(N)=C(C#N)[C@H](c2cc(Cl)c(OCc3cccc(F)c3)c(Cl)c2)C2=C1CCCC2=O. The number of halogens is 3. The van der Waals surface area contributed by atoms with E-state index in [1.807, 2.05) is 0 Å². The number of nitriles is 1. The lowest BCUT2D eigenvalue weighted by Crippen LogP contribution is -2.36. The van der Waals surface area contributed by atoms with Crippen molar-refractivity contribution in [1.82, 2.24) is 4.90 Å². The largest absolute Gasteiger partial charge is 0.486 e. The number of nitrogens with zero attached hydrogens (tertiary/aromatic N) is 2. The number of nitrogens with two attached hydrogens (primary N) is 1. The van der Waals surface area contributed by atoms with Crippen molar-refractivity contribution in [1.29, 1.82) is 5.26 Å². The Bertz CT molecular complexity index is 1190. The van der Waals surface area contributed by atoms with Crippen LogP contribution in [-0.2, 0) is 11.4 Å². The number of carbonyl (C=O) groups is 1. The van der Waals surface area contributed by atoms with Crippen molar-refractivity contribution in [2.24, 2.45) is 5.73 Å². The van der Waals surface area contributed by atoms with Gasteiger partial charge in [0.1, 0.15) is 18.2 Å². The molecule has 164 valence electrons. The Labute approximate surface area is 195 Å². The van der Waals surface area contributed by atoms with E-state index < -0.39 is 5.92 Å². The van der Waals surface area contributed by atoms with E-state index in [1.54, 1.807) is 36.2 Å². The fraction of sp³-hybridized carbons (Fsp3) is 0.250. The number of hydrogen-bond acceptors (Lipinski definition) is 5. The van der Waals surface area contributed by atoms with Gasteiger partial charge in [-0.05, 0) is 48.2 Å². The molecule has 0 amide bonds. The van der Waals surface area contributed by atoms with Crippen molar-refractivity contribution < 1.29 is 13.9 Å². The number of allylic oxidation sites excluding steroid dienone is 3. The van der Waals surface area contributed by atoms with Crippen LogP contribution in [-0.4, -0.2) is 17.7 Å². The van der Waals surface area contributed by atoms with Gasteiger partial charge in [-0.2, -0.15) is 5.26 Å². The number of ether oxygens (including phenoxy) is 1. The van der Waals surface area contributed by atoms with Crippen LogP contribution in [0.5, 0.6) is 5.75 Å². The average Bonchev–Trinajstić information content (AvgIpc) is 2.75. The van der Waals surface area contributed by atoms with Crippen LogP contribution >= 0.6 is 23.2 Å². The second-order valence-corrected chi connectivity index (χ2v) is 8.59. The van der Waals surface area contributed by atoms with Crippen molar-refractivity contribution in [3.05, 3.63) is 86.1 Å². The lowest BCUT2D eigenvalue weighted by atomic mass is 9.76. The van der Waals surface area contributed by atoms with Gasteiger partial charge in [0.15, 0.2) is 11.5 Å². The molecule has 4 rings (SSSR count). The van der Waals surface area contributed by atoms with Crippen LogP contribution in [0.4, 0.5) is 4.39 Å². The third kappa shape index (κ3) is 3.94. The lowest BCUT2D eigenvalue weighted by Gasteiger charge is -2.37. The van der Waals surface area contributed by atoms with Crippen LogP contribution in [0.1, 0.15) is 36.3 Å². The van der Waals surface area contributed by atoms with E-state index in [0.717, 1.165) is 12.1 Å². The minimum absolute atomic E-state index is 0.0120. The number of hydrogen-bond donors (Lipinski definition) is 1. The summed E-state index contributed by atoms with van der Waals surface area (Å²) in [5, 5.41) is 10.3. The van der Waals surface area contributed by atoms with Gasteiger partial charge in [0.2, 0.25) is 0 Å². The first-order valence-electron chi connectivity index (χ1n) is 10.1. The highest BCUT2D eigenvalue weighted by Crippen LogP contribution is 2.46. The molecule has 5 nitrogen and oxygen atoms in total. The smallest absolute Gasteiger partial charge is 0.161 e. The monoisotopic (exact) mass is 471 g/mol. The number of Topliss-reactive ketones (excluding diaryl/α,β-unsaturated/α-hetero) is 1. The zero-order chi connectivity index (χ0) is 23.0. The molecule has 2 aromatic rings. The predicted octanol–water partition coefficient (Wildman–Crippen LogP) is 5.44. The molecular weight excluding hydrogens is 452 g/mol. The third-order valence-corrected chi connectivity index (χ3v) is 6.36. The quantitative estimate of drug-likeness (QED) is 0.641. The van der Waals surface area contributed by atoms with Crippen molar-refractivity contribution in [3.8, 4) is 11.8 Å². The van der Waals surface area contributed by atoms with Crippen LogP contribution in [0.25, 0.3) is 0 Å². The summed E-state index contributed by atoms with van der Waals surface area (Å²) in [6.45, 7) is 0.0782. The molecule has 1 atom stereocenters. The number of carbonyl (C=O) groups excluding carboxylic acids is 1. The fourth-order valence-corrected chi connectivity index (χ4v) is 4.88. The van der Waals surface area contributed by atoms with Gasteiger partial charge in [-0.25, -0.2) is 4.39 Å². The maximum atomic E-state index is 13.4. The third-order valence-electron chi connectivity index (χ3n) is 5.79. The van der Waals surface area contributed by atoms with Crippen LogP contribution in [0, 0.1) is 17.1 Å². The van der Waals surface area contributed by atoms with Crippen LogP contribution < -0.4 is 10.5 Å². The van der Waals surface area contributed by atoms with E-state index >= 15 is 0 Å². The number of benzene rings is 2. The van der Waals surface area contributed by atoms with Crippen molar-refractivity contribution >= 4 is 29.0 Å². The molecule has 1 aliphatic carbocycles. The topological polar surface area (TPSA) is 79.3 Å². The van der Waals surface area contributed by atoms with Gasteiger partial charge in [-0.3, -0.25) is 4.79 Å². The molecule has 0 aromatic heterocycles. The first-order valence-corrected chi connectivity index (χ1v) is 10.8. The second-order valence-electron chi connectivity index (χ2n) is 7.77. The summed E-state index contributed by atoms with van der Waals surface area (Å²) in [6, 6.07) is 11.5. The van der Waals surface area contributed by atoms with E-state index in [2.05, 4.69) is 6.07 Å². The highest BCUT2D eigenvalue weighted by Gasteiger charge is 2.39. The summed E-state index contributed by atoms with van der Waals surface area (Å²) < 4.78 is 19.2. The van der Waals surface area contributed by atoms with Gasteiger partial charge in [0.05, 0.1) is 27.6 Å². The molecule has 2 N–H and O–H groups in total. The molecule has 8 heteroatoms. The summed E-state index contributed by atoms with van der Waals surface area (Å²) in [6.07, 6.45) is 1.85. The summed E-state index contributed by atoms with van der Waals surface area (Å²) >= 11 is 13.0. The Morgan fingerprint density at radius 2 is 1.97 bits per heavy atom. The maximum absolute atomic E-state index is 13.4. The average molecular weight is 472 g/mol. The first-order chi connectivity index (χ1) is 15.3. The van der Waals surface area contributed by atoms with E-state index in [0.29, 0.717) is 35.4 Å². The van der Waals surface area contributed by atoms with Crippen LogP contribution in [0.3, 0.4) is 0 Å². The Morgan fingerprint density at radius 1 is 1.25 bits per heavy atom. The summed E-state index contributed by atoms with van der Waals surface area (Å²) in [7, 11) is 1.76. The van der Waals surface area contributed by atoms with Gasteiger partial charge in [0, 0.05) is 24.7 Å². The first kappa shape index (κ1) is 22.2. The molecule has 0 saturated heterocycles. The van der Waals surface area contributed by atoms with Crippen molar-refractivity contribution in [3.63, 3.8) is 0 Å². The summed E-state index contributed by atoms with van der Waals surface area (Å²) in [5.74, 6) is -0.470. The Balaban J connectivity index is 1.73. The van der Waals surface area contributed by atoms with Gasteiger partial charge in [0.25, 0.3) is 0 Å². The molecule has 0 radical (unpaired) electrons. The molecule has 0 spiro atoms. The summed E-state index contributed by atoms with van der Waals surface area (Å²) in [5.41, 5.74) is 9.14. The minimum atomic E-state index is -0.647. The summed E-state index contributed by atoms with van der Waals surface area (Å²) in [4.78, 5) is 14.6. The van der Waals surface area contributed by atoms with Gasteiger partial charge in [-0.15, -0.1) is 0 Å². The van der Waals surface area contributed by atoms with E-state index in [4.69, 9.17) is 33.7 Å². The molecular formula is C24H20Cl2FN3O2. The van der Waals surface area contributed by atoms with Crippen molar-refractivity contribution in [2.75, 3.05) is 7.05 Å². The molecule has 0 bridgehead atoms. The highest BCUT2D eigenvalue weighted by atomic mass is 35.5. The zero-order valence-corrected chi connectivity index (χ0v) is 18.8. The van der Waals surface area contributed by atoms with E-state index in [-0.39, 0.29) is 39.6 Å². The van der Waals surface area contributed by atoms with Crippen LogP contribution in [0.15, 0.2) is 59.1 Å². The molecule has 0 saturated carbocycles. The molecule has 1 aliphatic heterocycles. The van der Waals surface area contributed by atoms with Gasteiger partial charge < -0.3 is 15.4 Å². The molecule has 2 aromatic carbocycles. The Kier molecular flexibility index (Phi) is 6.14. The van der Waals surface area contributed by atoms with E-state index in [9.17, 15) is 14.4 Å². The zero-order valence-electron chi connectivity index (χ0n) is 17.3. The maximum Gasteiger partial charge on any atom is 0.161 e.